The van der Waals surface area contributed by atoms with E-state index in [1.165, 1.54) is 0 Å². The number of hydrogen-bond donors (Lipinski definition) is 1. The average molecular weight is 180 g/mol. The molecule has 3 nitrogen and oxygen atoms in total. The van der Waals surface area contributed by atoms with E-state index in [1.807, 2.05) is 18.2 Å². The predicted molar refractivity (Wildman–Crippen MR) is 47.9 cm³/mol. The van der Waals surface area contributed by atoms with Crippen LogP contribution in [-0.4, -0.2) is 18.0 Å². The predicted octanol–water partition coefficient (Wildman–Crippen LogP) is 1.34. The summed E-state index contributed by atoms with van der Waals surface area (Å²) >= 11 is 0. The molecule has 1 aromatic carbocycles. The molecule has 70 valence electrons. The van der Waals surface area contributed by atoms with Crippen molar-refractivity contribution >= 4 is 0 Å². The van der Waals surface area contributed by atoms with E-state index >= 15 is 0 Å². The number of hydrogen-bond acceptors (Lipinski definition) is 3. The molecular weight excluding hydrogens is 168 g/mol. The zero-order valence-electron chi connectivity index (χ0n) is 7.49. The molecule has 1 heterocycles. The maximum Gasteiger partial charge on any atom is 0.230 e. The Bertz CT molecular complexity index is 307. The van der Waals surface area contributed by atoms with Crippen LogP contribution >= 0.6 is 0 Å². The number of ether oxygens (including phenoxy) is 2. The molecule has 2 rings (SSSR count). The smallest absolute Gasteiger partial charge is 0.230 e. The number of fused-ring (bicyclic) bond motifs is 2. The molecule has 0 saturated carbocycles. The van der Waals surface area contributed by atoms with Crippen molar-refractivity contribution in [3.8, 4) is 11.5 Å². The van der Waals surface area contributed by atoms with Gasteiger partial charge in [-0.25, -0.2) is 0 Å². The van der Waals surface area contributed by atoms with Gasteiger partial charge >= 0.3 is 0 Å². The Hall–Kier alpha value is -1.22. The zero-order chi connectivity index (χ0) is 9.26. The lowest BCUT2D eigenvalue weighted by Crippen LogP contribution is -2.14. The summed E-state index contributed by atoms with van der Waals surface area (Å²) in [6.07, 6.45) is 0.281. The van der Waals surface area contributed by atoms with Crippen molar-refractivity contribution in [2.75, 3.05) is 6.79 Å². The fraction of sp³-hybridized carbons (Fsp3) is 0.400. The molecule has 0 saturated heterocycles. The van der Waals surface area contributed by atoms with E-state index in [1.54, 1.807) is 6.92 Å². The van der Waals surface area contributed by atoms with Crippen molar-refractivity contribution < 1.29 is 14.6 Å². The van der Waals surface area contributed by atoms with Crippen LogP contribution in [0, 0.1) is 0 Å². The van der Waals surface area contributed by atoms with Crippen LogP contribution in [0.15, 0.2) is 18.2 Å². The molecule has 0 fully saturated rings. The summed E-state index contributed by atoms with van der Waals surface area (Å²) < 4.78 is 10.4. The molecule has 1 unspecified atom stereocenters. The van der Waals surface area contributed by atoms with Gasteiger partial charge in [0.2, 0.25) is 6.79 Å². The van der Waals surface area contributed by atoms with Crippen molar-refractivity contribution in [1.82, 2.24) is 0 Å². The molecular formula is C10H12O3. The lowest BCUT2D eigenvalue weighted by atomic mass is 10.1. The highest BCUT2D eigenvalue weighted by Crippen LogP contribution is 2.29. The van der Waals surface area contributed by atoms with Crippen LogP contribution in [0.4, 0.5) is 0 Å². The third-order valence-electron chi connectivity index (χ3n) is 1.99. The molecule has 1 atom stereocenters. The van der Waals surface area contributed by atoms with E-state index in [0.717, 1.165) is 17.1 Å². The van der Waals surface area contributed by atoms with E-state index in [2.05, 4.69) is 0 Å². The van der Waals surface area contributed by atoms with Gasteiger partial charge < -0.3 is 14.6 Å². The van der Waals surface area contributed by atoms with Gasteiger partial charge in [0.05, 0.1) is 6.10 Å². The zero-order valence-corrected chi connectivity index (χ0v) is 7.49. The second kappa shape index (κ2) is 3.26. The van der Waals surface area contributed by atoms with Crippen LogP contribution in [0.5, 0.6) is 11.5 Å². The van der Waals surface area contributed by atoms with Gasteiger partial charge in [-0.15, -0.1) is 0 Å². The fourth-order valence-electron chi connectivity index (χ4n) is 1.41. The van der Waals surface area contributed by atoms with Gasteiger partial charge in [0.1, 0.15) is 11.5 Å². The van der Waals surface area contributed by atoms with E-state index in [0.29, 0.717) is 6.42 Å². The Labute approximate surface area is 76.9 Å². The van der Waals surface area contributed by atoms with Crippen molar-refractivity contribution in [2.24, 2.45) is 0 Å². The Morgan fingerprint density at radius 1 is 1.46 bits per heavy atom. The first kappa shape index (κ1) is 8.38. The molecule has 0 radical (unpaired) electrons. The standard InChI is InChI=1S/C10H12O3/c1-7(11)4-8-2-3-9-5-10(8)13-6-12-9/h2-3,5,7,11H,4,6H2,1H3. The van der Waals surface area contributed by atoms with E-state index in [-0.39, 0.29) is 12.9 Å². The van der Waals surface area contributed by atoms with Gasteiger partial charge in [-0.05, 0) is 18.6 Å². The fourth-order valence-corrected chi connectivity index (χ4v) is 1.41. The first-order chi connectivity index (χ1) is 6.25. The van der Waals surface area contributed by atoms with Gasteiger partial charge in [0, 0.05) is 12.5 Å². The molecule has 0 aliphatic carbocycles. The molecule has 1 aliphatic heterocycles. The number of aliphatic hydroxyl groups is 1. The molecule has 0 aromatic heterocycles. The van der Waals surface area contributed by atoms with Crippen molar-refractivity contribution in [1.29, 1.82) is 0 Å². The minimum absolute atomic E-state index is 0.273. The van der Waals surface area contributed by atoms with Crippen LogP contribution < -0.4 is 9.47 Å². The second-order valence-electron chi connectivity index (χ2n) is 3.23. The van der Waals surface area contributed by atoms with Crippen molar-refractivity contribution in [3.63, 3.8) is 0 Å². The van der Waals surface area contributed by atoms with Gasteiger partial charge in [-0.3, -0.25) is 0 Å². The largest absolute Gasteiger partial charge is 0.457 e. The summed E-state index contributed by atoms with van der Waals surface area (Å²) in [5, 5.41) is 9.23. The monoisotopic (exact) mass is 180 g/mol. The van der Waals surface area contributed by atoms with Gasteiger partial charge in [-0.2, -0.15) is 0 Å². The molecule has 0 spiro atoms. The van der Waals surface area contributed by atoms with Gasteiger partial charge in [0.15, 0.2) is 0 Å². The summed E-state index contributed by atoms with van der Waals surface area (Å²) in [7, 11) is 0. The van der Waals surface area contributed by atoms with Crippen molar-refractivity contribution in [3.05, 3.63) is 23.8 Å². The maximum atomic E-state index is 9.23. The van der Waals surface area contributed by atoms with Gasteiger partial charge in [-0.1, -0.05) is 6.07 Å². The van der Waals surface area contributed by atoms with Crippen LogP contribution in [0.1, 0.15) is 12.5 Å². The quantitative estimate of drug-likeness (QED) is 0.746. The Kier molecular flexibility index (Phi) is 2.10. The number of benzene rings is 1. The highest BCUT2D eigenvalue weighted by atomic mass is 16.7. The lowest BCUT2D eigenvalue weighted by molar-refractivity contribution is 0.103. The minimum Gasteiger partial charge on any atom is -0.457 e. The summed E-state index contributed by atoms with van der Waals surface area (Å²) in [6, 6.07) is 5.67. The average Bonchev–Trinajstić information content (AvgIpc) is 2.10. The molecule has 3 heteroatoms. The topological polar surface area (TPSA) is 38.7 Å². The van der Waals surface area contributed by atoms with Crippen LogP contribution in [0.3, 0.4) is 0 Å². The van der Waals surface area contributed by atoms with E-state index in [4.69, 9.17) is 9.47 Å². The second-order valence-corrected chi connectivity index (χ2v) is 3.23. The van der Waals surface area contributed by atoms with Crippen LogP contribution in [0.25, 0.3) is 0 Å². The van der Waals surface area contributed by atoms with E-state index in [9.17, 15) is 5.11 Å². The van der Waals surface area contributed by atoms with Crippen LogP contribution in [0.2, 0.25) is 0 Å². The maximum absolute atomic E-state index is 9.23. The van der Waals surface area contributed by atoms with Crippen LogP contribution in [-0.2, 0) is 6.42 Å². The Morgan fingerprint density at radius 3 is 3.08 bits per heavy atom. The lowest BCUT2D eigenvalue weighted by Gasteiger charge is -2.19. The first-order valence-corrected chi connectivity index (χ1v) is 4.32. The Balaban J connectivity index is 2.27. The third-order valence-corrected chi connectivity index (χ3v) is 1.99. The molecule has 1 aromatic rings. The normalized spacial score (nSPS) is 15.8. The Morgan fingerprint density at radius 2 is 2.31 bits per heavy atom. The SMILES string of the molecule is CC(O)Cc1ccc2cc1OCO2. The third kappa shape index (κ3) is 1.75. The highest BCUT2D eigenvalue weighted by Gasteiger charge is 2.12. The molecule has 1 aliphatic rings. The molecule has 2 bridgehead atoms. The molecule has 13 heavy (non-hydrogen) atoms. The summed E-state index contributed by atoms with van der Waals surface area (Å²) in [5.41, 5.74) is 1.03. The molecule has 0 amide bonds. The van der Waals surface area contributed by atoms with E-state index < -0.39 is 0 Å². The van der Waals surface area contributed by atoms with Gasteiger partial charge in [0.25, 0.3) is 0 Å². The minimum atomic E-state index is -0.339. The summed E-state index contributed by atoms with van der Waals surface area (Å²) in [5.74, 6) is 1.65. The highest BCUT2D eigenvalue weighted by molar-refractivity contribution is 5.42. The number of rotatable bonds is 2. The molecule has 1 N–H and O–H groups in total. The summed E-state index contributed by atoms with van der Waals surface area (Å²) in [4.78, 5) is 0. The first-order valence-electron chi connectivity index (χ1n) is 4.32. The van der Waals surface area contributed by atoms with Crippen molar-refractivity contribution in [2.45, 2.75) is 19.4 Å². The number of aliphatic hydroxyl groups excluding tert-OH is 1. The summed E-state index contributed by atoms with van der Waals surface area (Å²) in [6.45, 7) is 2.04.